The number of aromatic nitrogens is 1. The van der Waals surface area contributed by atoms with Gasteiger partial charge < -0.3 is 78.3 Å². The van der Waals surface area contributed by atoms with E-state index in [1.54, 1.807) is 73.2 Å². The number of benzene rings is 3. The molecule has 0 radical (unpaired) electrons. The molecule has 3 saturated heterocycles. The first-order valence-corrected chi connectivity index (χ1v) is 50.2. The van der Waals surface area contributed by atoms with E-state index in [0.29, 0.717) is 66.2 Å². The number of nitrogens with one attached hydrogen (secondary N) is 9. The number of aliphatic hydroxyl groups is 1. The Morgan fingerprint density at radius 1 is 0.702 bits per heavy atom. The Morgan fingerprint density at radius 3 is 2.16 bits per heavy atom. The number of aryl methyl sites for hydroxylation is 1. The number of nitrogens with two attached hydrogens (primary N) is 1. The van der Waals surface area contributed by atoms with E-state index in [-0.39, 0.29) is 105 Å². The summed E-state index contributed by atoms with van der Waals surface area (Å²) in [4.78, 5) is 186. The molecule has 5 aliphatic carbocycles. The van der Waals surface area contributed by atoms with Gasteiger partial charge in [0.2, 0.25) is 59.1 Å². The van der Waals surface area contributed by atoms with Crippen molar-refractivity contribution in [3.05, 3.63) is 144 Å². The number of nitrogens with zero attached hydrogens (tertiary/aromatic N) is 4. The molecule has 13 N–H and O–H groups in total. The number of carbonyl (C=O) groups excluding carboxylic acids is 12. The van der Waals surface area contributed by atoms with Gasteiger partial charge in [-0.3, -0.25) is 57.7 Å². The summed E-state index contributed by atoms with van der Waals surface area (Å²) in [6.07, 6.45) is 28.0. The van der Waals surface area contributed by atoms with Gasteiger partial charge in [0.05, 0.1) is 18.8 Å². The van der Waals surface area contributed by atoms with Crippen molar-refractivity contribution >= 4 is 110 Å². The molecular weight excluding hydrogens is 1700 g/mol. The molecule has 22 atom stereocenters. The van der Waals surface area contributed by atoms with Crippen LogP contribution in [0.1, 0.15) is 199 Å². The molecule has 1 aromatic heterocycles. The molecule has 6 fully saturated rings. The summed E-state index contributed by atoms with van der Waals surface area (Å²) in [5.74, 6) is -6.38. The number of fused-ring (bicyclic) bond motifs is 7. The van der Waals surface area contributed by atoms with Crippen LogP contribution in [-0.4, -0.2) is 208 Å². The number of unbranched alkanes of at least 4 members (excludes halogenated alkanes) is 1. The van der Waals surface area contributed by atoms with Gasteiger partial charge in [0, 0.05) is 68.1 Å². The summed E-state index contributed by atoms with van der Waals surface area (Å²) in [5, 5.41) is 48.5. The molecule has 3 aromatic carbocycles. The molecule has 29 nitrogen and oxygen atoms in total. The highest BCUT2D eigenvalue weighted by Crippen LogP contribution is 2.68. The molecule has 4 aliphatic heterocycles. The van der Waals surface area contributed by atoms with E-state index in [2.05, 4.69) is 88.5 Å². The fourth-order valence-electron chi connectivity index (χ4n) is 22.5. The number of aliphatic hydroxyl groups excluding tert-OH is 1. The lowest BCUT2D eigenvalue weighted by molar-refractivity contribution is -0.671. The molecule has 4 aromatic rings. The molecule has 31 heteroatoms. The van der Waals surface area contributed by atoms with Crippen LogP contribution in [0.15, 0.2) is 132 Å². The van der Waals surface area contributed by atoms with Crippen molar-refractivity contribution in [3.63, 3.8) is 0 Å². The van der Waals surface area contributed by atoms with Crippen LogP contribution in [0.4, 0.5) is 4.79 Å². The van der Waals surface area contributed by atoms with Crippen LogP contribution in [0.25, 0.3) is 10.8 Å². The van der Waals surface area contributed by atoms with Crippen molar-refractivity contribution in [2.24, 2.45) is 87.8 Å². The zero-order valence-electron chi connectivity index (χ0n) is 77.3. The van der Waals surface area contributed by atoms with Crippen LogP contribution in [0.3, 0.4) is 0 Å². The minimum absolute atomic E-state index is 0.0668. The van der Waals surface area contributed by atoms with E-state index in [1.807, 2.05) is 66.8 Å². The highest BCUT2D eigenvalue weighted by atomic mass is 33.1. The first kappa shape index (κ1) is 98.4. The number of ether oxygens (including phenoxy) is 1. The average molecular weight is 1840 g/mol. The quantitative estimate of drug-likeness (QED) is 0.0104. The number of aromatic hydroxyl groups is 1. The number of carbonyl (C=O) groups is 12. The van der Waals surface area contributed by atoms with Crippen molar-refractivity contribution in [2.45, 2.75) is 263 Å². The second-order valence-corrected chi connectivity index (χ2v) is 42.2. The molecule has 13 rings (SSSR count). The number of phenolic OH excluding ortho intramolecular Hbond substituents is 1. The van der Waals surface area contributed by atoms with Crippen molar-refractivity contribution < 1.29 is 77.1 Å². The second-order valence-electron chi connectivity index (χ2n) is 39.6. The van der Waals surface area contributed by atoms with E-state index in [9.17, 15) is 34.2 Å². The number of amides is 12. The molecule has 12 amide bonds. The van der Waals surface area contributed by atoms with Gasteiger partial charge in [-0.05, 0) is 208 Å². The molecule has 0 bridgehead atoms. The number of hydrogen-bond acceptors (Lipinski definition) is 18. The first-order valence-electron chi connectivity index (χ1n) is 47.7. The molecule has 708 valence electrons. The van der Waals surface area contributed by atoms with Crippen molar-refractivity contribution in [1.82, 2.24) is 57.7 Å². The van der Waals surface area contributed by atoms with Crippen LogP contribution >= 0.6 is 21.6 Å². The fraction of sp³-hybridized carbons (Fsp3) is 0.600. The number of phenols is 1. The number of hydrogen-bond donors (Lipinski definition) is 12. The van der Waals surface area contributed by atoms with E-state index < -0.39 is 144 Å². The molecule has 9 aliphatic rings. The first-order chi connectivity index (χ1) is 62.7. The van der Waals surface area contributed by atoms with Crippen molar-refractivity contribution in [1.29, 1.82) is 0 Å². The third-order valence-corrected chi connectivity index (χ3v) is 32.2. The van der Waals surface area contributed by atoms with Crippen LogP contribution in [-0.2, 0) is 72.6 Å². The van der Waals surface area contributed by atoms with E-state index in [0.717, 1.165) is 81.7 Å². The topological polar surface area (TPSA) is 412 Å². The predicted octanol–water partition coefficient (Wildman–Crippen LogP) is 9.00. The van der Waals surface area contributed by atoms with Crippen LogP contribution in [0, 0.1) is 70.0 Å². The van der Waals surface area contributed by atoms with Gasteiger partial charge in [-0.2, -0.15) is 0 Å². The molecule has 22 unspecified atom stereocenters. The normalized spacial score (nSPS) is 29.7. The SMILES string of the molecule is CC(C)CCCC(C)C1CCC2C3CC=C4CC(COC(=O)NCCCCC5NC(=O)C(CC6C=NC7C=CC=CC67)NC(=O)C(Cc6ccc(O)cc6)NC(=O)C(NC(=O)C(Cc6ccc7ccccc7c6)NC(=O)C6CCCN6C(=O)C6CCCN6C(=O)c6ccc[n+](C)c6)CSSCC(C(=O)NC(C(N)=O)C(C)O)NC(=O)C(C(C)C)NC5=O)CCC4(C)C3CCC12C. The lowest BCUT2D eigenvalue weighted by Gasteiger charge is -2.58. The molecule has 131 heavy (non-hydrogen) atoms. The Balaban J connectivity index is 0.748. The summed E-state index contributed by atoms with van der Waals surface area (Å²) < 4.78 is 7.72. The third kappa shape index (κ3) is 24.3. The Labute approximate surface area is 777 Å². The molecule has 0 spiro atoms. The molecule has 3 saturated carbocycles. The zero-order valence-corrected chi connectivity index (χ0v) is 78.9. The smallest absolute Gasteiger partial charge is 0.407 e. The average Bonchev–Trinajstić information content (AvgIpc) is 1.66. The van der Waals surface area contributed by atoms with Gasteiger partial charge in [0.25, 0.3) is 5.91 Å². The minimum atomic E-state index is -1.65. The Bertz CT molecular complexity index is 4930. The summed E-state index contributed by atoms with van der Waals surface area (Å²) in [7, 11) is 3.70. The van der Waals surface area contributed by atoms with E-state index >= 15 is 33.6 Å². The number of primary amides is 1. The maximum absolute atomic E-state index is 15.8. The van der Waals surface area contributed by atoms with Crippen molar-refractivity contribution in [3.8, 4) is 5.75 Å². The summed E-state index contributed by atoms with van der Waals surface area (Å²) in [5.41, 5.74) is 9.17. The van der Waals surface area contributed by atoms with Gasteiger partial charge in [0.1, 0.15) is 78.8 Å². The summed E-state index contributed by atoms with van der Waals surface area (Å²) in [6.45, 7) is 17.8. The predicted molar refractivity (Wildman–Crippen MR) is 504 cm³/mol. The van der Waals surface area contributed by atoms with Crippen LogP contribution in [0.2, 0.25) is 0 Å². The fourth-order valence-corrected chi connectivity index (χ4v) is 24.8. The van der Waals surface area contributed by atoms with Gasteiger partial charge in [-0.15, -0.1) is 0 Å². The van der Waals surface area contributed by atoms with Crippen molar-refractivity contribution in [2.75, 3.05) is 37.7 Å². The zero-order chi connectivity index (χ0) is 93.5. The number of pyridine rings is 1. The van der Waals surface area contributed by atoms with E-state index in [4.69, 9.17) is 15.5 Å². The van der Waals surface area contributed by atoms with Crippen LogP contribution in [0.5, 0.6) is 5.75 Å². The third-order valence-electron chi connectivity index (χ3n) is 29.8. The Kier molecular flexibility index (Phi) is 33.5. The lowest BCUT2D eigenvalue weighted by atomic mass is 9.46. The van der Waals surface area contributed by atoms with Gasteiger partial charge in [-0.25, -0.2) is 9.36 Å². The maximum atomic E-state index is 15.8. The summed E-state index contributed by atoms with van der Waals surface area (Å²) >= 11 is 0. The largest absolute Gasteiger partial charge is 0.508 e. The Morgan fingerprint density at radius 2 is 1.41 bits per heavy atom. The number of alkyl carbamates (subject to hydrolysis) is 1. The number of likely N-dealkylation sites (tertiary alicyclic amines) is 2. The van der Waals surface area contributed by atoms with E-state index in [1.165, 1.54) is 74.5 Å². The maximum Gasteiger partial charge on any atom is 0.407 e. The second kappa shape index (κ2) is 44.6. The number of allylic oxidation sites excluding steroid dienone is 4. The summed E-state index contributed by atoms with van der Waals surface area (Å²) in [6, 6.07) is 8.00. The number of rotatable bonds is 29. The Hall–Kier alpha value is -10.1. The van der Waals surface area contributed by atoms with Gasteiger partial charge in [0.15, 0.2) is 12.4 Å². The molecular formula is C100H137N14O15S2+. The highest BCUT2D eigenvalue weighted by molar-refractivity contribution is 8.76. The van der Waals surface area contributed by atoms with Crippen LogP contribution < -0.4 is 58.2 Å². The van der Waals surface area contributed by atoms with Gasteiger partial charge >= 0.3 is 6.09 Å². The van der Waals surface area contributed by atoms with Gasteiger partial charge in [-0.1, -0.05) is 180 Å². The monoisotopic (exact) mass is 1840 g/mol. The molecule has 5 heterocycles. The lowest BCUT2D eigenvalue weighted by Crippen LogP contribution is -2.62. The number of aliphatic imine (C=N–C) groups is 1. The standard InChI is InChI=1S/C100H136N14O15S2/c1-58(2)20-16-21-60(5)73-38-39-74-72-37-34-69-49-64(40-42-99(69,7)75(72)41-43-100(73,74)8)55-129-98(128)102-44-15-14-27-77-88(118)110-85(59(3)4)95(125)109-82(93(123)111-86(61(6)115)87(101)117)57-131-130-56-81(92(122)105-78(50-62-31-35-70(116)36-32-62)89(119)106-80(91(121)104-77)52-68-53-103-76-26-13-12-25-71(68)76)108-90(120)79(51-63-30-33-65-22-10-11-23-66(65)48-63)107-94(124)83-28-18-46-113(83)97(127)84-29-19-47-114(84)96(126)67-24-17-45-112(9)54-67/h10-13,17,22-26,30-36,45,48,53-54,58-61,64,68,71-86,115H,14-16,18-21,27-29,37-44,46-47,49-52,55-57H2,1-9H3,(H11-,101,102,104,105,106,107,108,109,110,111,116,117,118,119,120,121,122,123,124,125,128)/p+1. The highest BCUT2D eigenvalue weighted by Gasteiger charge is 2.60. The minimum Gasteiger partial charge on any atom is -0.508 e.